The fraction of sp³-hybridized carbons (Fsp3) is 0.951. The van der Waals surface area contributed by atoms with Crippen LogP contribution in [0.2, 0.25) is 0 Å². The summed E-state index contributed by atoms with van der Waals surface area (Å²) < 4.78 is 68.7. The lowest BCUT2D eigenvalue weighted by Gasteiger charge is -2.21. The fourth-order valence-corrected chi connectivity index (χ4v) is 14.4. The quantitative estimate of drug-likeness (QED) is 0.0222. The first-order valence-corrected chi connectivity index (χ1v) is 45.8. The van der Waals surface area contributed by atoms with E-state index in [0.29, 0.717) is 25.7 Å². The summed E-state index contributed by atoms with van der Waals surface area (Å²) >= 11 is 0. The Balaban J connectivity index is 5.18. The highest BCUT2D eigenvalue weighted by molar-refractivity contribution is 7.47. The Kier molecular flexibility index (Phi) is 74.8. The van der Waals surface area contributed by atoms with Gasteiger partial charge >= 0.3 is 39.5 Å². The van der Waals surface area contributed by atoms with Gasteiger partial charge in [0.05, 0.1) is 26.4 Å². The molecule has 0 heterocycles. The molecule has 0 aliphatic rings. The number of carbonyl (C=O) groups excluding carboxylic acids is 4. The predicted molar refractivity (Wildman–Crippen MR) is 414 cm³/mol. The summed E-state index contributed by atoms with van der Waals surface area (Å²) in [7, 11) is -9.91. The van der Waals surface area contributed by atoms with Gasteiger partial charge in [0.2, 0.25) is 0 Å². The van der Waals surface area contributed by atoms with E-state index in [-0.39, 0.29) is 25.7 Å². The minimum atomic E-state index is -4.96. The maximum Gasteiger partial charge on any atom is 0.472 e. The molecule has 0 aromatic rings. The van der Waals surface area contributed by atoms with Crippen molar-refractivity contribution in [2.45, 2.75) is 463 Å². The van der Waals surface area contributed by atoms with Gasteiger partial charge < -0.3 is 33.8 Å². The second-order valence-corrected chi connectivity index (χ2v) is 32.4. The zero-order valence-electron chi connectivity index (χ0n) is 65.9. The molecule has 0 fully saturated rings. The first kappa shape index (κ1) is 99.1. The Labute approximate surface area is 619 Å². The largest absolute Gasteiger partial charge is 0.472 e. The topological polar surface area (TPSA) is 237 Å². The van der Waals surface area contributed by atoms with Crippen LogP contribution in [0.3, 0.4) is 0 Å². The minimum absolute atomic E-state index is 0.108. The summed E-state index contributed by atoms with van der Waals surface area (Å²) in [6.07, 6.45) is 69.5. The normalized spacial score (nSPS) is 13.8. The lowest BCUT2D eigenvalue weighted by atomic mass is 10.0. The van der Waals surface area contributed by atoms with E-state index < -0.39 is 97.5 Å². The Bertz CT molecular complexity index is 1910. The second kappa shape index (κ2) is 76.3. The molecule has 0 radical (unpaired) electrons. The van der Waals surface area contributed by atoms with Crippen LogP contribution in [0.25, 0.3) is 0 Å². The maximum atomic E-state index is 13.1. The Morgan fingerprint density at radius 1 is 0.238 bits per heavy atom. The zero-order valence-corrected chi connectivity index (χ0v) is 67.7. The van der Waals surface area contributed by atoms with Crippen molar-refractivity contribution in [1.82, 2.24) is 0 Å². The van der Waals surface area contributed by atoms with Crippen LogP contribution in [0.4, 0.5) is 0 Å². The number of aliphatic hydroxyl groups is 1. The summed E-state index contributed by atoms with van der Waals surface area (Å²) in [6, 6.07) is 0. The molecule has 17 nitrogen and oxygen atoms in total. The van der Waals surface area contributed by atoms with Crippen LogP contribution in [0.15, 0.2) is 0 Å². The van der Waals surface area contributed by atoms with Crippen LogP contribution in [0, 0.1) is 0 Å². The van der Waals surface area contributed by atoms with Gasteiger partial charge in [0, 0.05) is 25.7 Å². The number of ether oxygens (including phenoxy) is 4. The molecule has 0 bridgehead atoms. The molecule has 0 rings (SSSR count). The van der Waals surface area contributed by atoms with Gasteiger partial charge in [0.1, 0.15) is 19.3 Å². The SMILES string of the molecule is CCCCCCCCCCCCCCCCCCCCCCCCC(=O)O[C@H](COC(=O)CCCCCCCCCCCCCCCCCCCC)COP(=O)(O)OC[C@@H](O)COP(=O)(O)OC[C@@H](COC(=O)CCCCCCCCCCC)OC(=O)CCCCCCCCCCCCCC. The average Bonchev–Trinajstić information content (AvgIpc) is 1.18. The summed E-state index contributed by atoms with van der Waals surface area (Å²) in [5, 5.41) is 10.6. The maximum absolute atomic E-state index is 13.1. The van der Waals surface area contributed by atoms with E-state index in [9.17, 15) is 43.2 Å². The van der Waals surface area contributed by atoms with E-state index in [1.807, 2.05) is 0 Å². The molecule has 0 spiro atoms. The molecule has 0 amide bonds. The van der Waals surface area contributed by atoms with Crippen LogP contribution in [-0.2, 0) is 65.4 Å². The number of phosphoric acid groups is 2. The highest BCUT2D eigenvalue weighted by atomic mass is 31.2. The molecule has 600 valence electrons. The van der Waals surface area contributed by atoms with Gasteiger partial charge in [-0.2, -0.15) is 0 Å². The predicted octanol–water partition coefficient (Wildman–Crippen LogP) is 25.0. The highest BCUT2D eigenvalue weighted by Crippen LogP contribution is 2.45. The van der Waals surface area contributed by atoms with Crippen molar-refractivity contribution < 1.29 is 80.2 Å². The highest BCUT2D eigenvalue weighted by Gasteiger charge is 2.30. The van der Waals surface area contributed by atoms with Crippen molar-refractivity contribution in [3.8, 4) is 0 Å². The van der Waals surface area contributed by atoms with Gasteiger partial charge in [0.15, 0.2) is 12.2 Å². The minimum Gasteiger partial charge on any atom is -0.462 e. The van der Waals surface area contributed by atoms with Gasteiger partial charge in [-0.1, -0.05) is 394 Å². The summed E-state index contributed by atoms with van der Waals surface area (Å²) in [5.74, 6) is -2.11. The van der Waals surface area contributed by atoms with Crippen molar-refractivity contribution in [2.75, 3.05) is 39.6 Å². The van der Waals surface area contributed by atoms with Crippen molar-refractivity contribution in [3.63, 3.8) is 0 Å². The molecule has 0 aromatic heterocycles. The lowest BCUT2D eigenvalue weighted by molar-refractivity contribution is -0.161. The summed E-state index contributed by atoms with van der Waals surface area (Å²) in [4.78, 5) is 73.0. The standard InChI is InChI=1S/C82H160O17P2/c1-5-9-13-17-21-25-28-31-33-35-37-38-39-40-42-44-46-49-53-57-61-65-69-82(87)99-78(73-93-80(85)67-63-59-55-51-48-45-43-41-36-34-32-29-26-22-18-14-10-6-2)75-97-101(90,91)95-71-76(83)70-94-100(88,89)96-74-77(72-92-79(84)66-62-58-54-50-24-20-16-12-8-4)98-81(86)68-64-60-56-52-47-30-27-23-19-15-11-7-3/h76-78,83H,5-75H2,1-4H3,(H,88,89)(H,90,91)/t76-,77+,78+/m0/s1. The molecule has 5 atom stereocenters. The van der Waals surface area contributed by atoms with E-state index in [1.165, 1.54) is 276 Å². The number of unbranched alkanes of at least 4 members (excludes halogenated alkanes) is 57. The van der Waals surface area contributed by atoms with Gasteiger partial charge in [0.25, 0.3) is 0 Å². The summed E-state index contributed by atoms with van der Waals surface area (Å²) in [6.45, 7) is 5.01. The monoisotopic (exact) mass is 1480 g/mol. The van der Waals surface area contributed by atoms with E-state index in [2.05, 4.69) is 27.7 Å². The number of carbonyl (C=O) groups is 4. The van der Waals surface area contributed by atoms with Gasteiger partial charge in [-0.25, -0.2) is 9.13 Å². The average molecular weight is 1480 g/mol. The van der Waals surface area contributed by atoms with E-state index >= 15 is 0 Å². The number of phosphoric ester groups is 2. The molecule has 0 saturated carbocycles. The molecule has 101 heavy (non-hydrogen) atoms. The third-order valence-corrected chi connectivity index (χ3v) is 21.3. The third-order valence-electron chi connectivity index (χ3n) is 19.4. The smallest absolute Gasteiger partial charge is 0.462 e. The van der Waals surface area contributed by atoms with Crippen LogP contribution in [0.5, 0.6) is 0 Å². The lowest BCUT2D eigenvalue weighted by Crippen LogP contribution is -2.30. The molecule has 0 saturated heterocycles. The van der Waals surface area contributed by atoms with Crippen molar-refractivity contribution in [2.24, 2.45) is 0 Å². The van der Waals surface area contributed by atoms with Crippen molar-refractivity contribution in [1.29, 1.82) is 0 Å². The molecular formula is C82H160O17P2. The molecule has 19 heteroatoms. The number of hydrogen-bond donors (Lipinski definition) is 3. The fourth-order valence-electron chi connectivity index (χ4n) is 12.8. The number of rotatable bonds is 83. The number of hydrogen-bond acceptors (Lipinski definition) is 15. The van der Waals surface area contributed by atoms with Crippen LogP contribution >= 0.6 is 15.6 Å². The van der Waals surface area contributed by atoms with Crippen LogP contribution in [0.1, 0.15) is 445 Å². The van der Waals surface area contributed by atoms with E-state index in [0.717, 1.165) is 89.9 Å². The van der Waals surface area contributed by atoms with E-state index in [1.54, 1.807) is 0 Å². The molecule has 2 unspecified atom stereocenters. The Morgan fingerprint density at radius 2 is 0.396 bits per heavy atom. The van der Waals surface area contributed by atoms with Gasteiger partial charge in [-0.3, -0.25) is 37.3 Å². The summed E-state index contributed by atoms with van der Waals surface area (Å²) in [5.41, 5.74) is 0. The third kappa shape index (κ3) is 76.1. The van der Waals surface area contributed by atoms with Crippen LogP contribution in [-0.4, -0.2) is 96.7 Å². The van der Waals surface area contributed by atoms with Gasteiger partial charge in [-0.15, -0.1) is 0 Å². The van der Waals surface area contributed by atoms with Crippen LogP contribution < -0.4 is 0 Å². The second-order valence-electron chi connectivity index (χ2n) is 29.5. The van der Waals surface area contributed by atoms with Crippen molar-refractivity contribution in [3.05, 3.63) is 0 Å². The number of aliphatic hydroxyl groups excluding tert-OH is 1. The first-order chi connectivity index (χ1) is 49.2. The molecule has 0 aliphatic carbocycles. The molecule has 3 N–H and O–H groups in total. The van der Waals surface area contributed by atoms with E-state index in [4.69, 9.17) is 37.0 Å². The number of esters is 4. The Morgan fingerprint density at radius 3 is 0.584 bits per heavy atom. The van der Waals surface area contributed by atoms with Crippen molar-refractivity contribution >= 4 is 39.5 Å². The molecule has 0 aliphatic heterocycles. The Hall–Kier alpha value is -1.94. The molecule has 0 aromatic carbocycles. The first-order valence-electron chi connectivity index (χ1n) is 42.8. The zero-order chi connectivity index (χ0) is 73.9. The molecular weight excluding hydrogens is 1320 g/mol. The van der Waals surface area contributed by atoms with Gasteiger partial charge in [-0.05, 0) is 25.7 Å².